The molecular formula is C20H23FN2O2. The maximum absolute atomic E-state index is 13.2. The second-order valence-electron chi connectivity index (χ2n) is 6.28. The molecule has 0 heterocycles. The SMILES string of the molecule is CCOc1ccc(NC(=O)NC(c2ccc(F)cc2)C2CCC2)cc1. The third kappa shape index (κ3) is 4.50. The Bertz CT molecular complexity index is 697. The molecule has 0 radical (unpaired) electrons. The minimum absolute atomic E-state index is 0.1000. The first-order valence-electron chi connectivity index (χ1n) is 8.71. The van der Waals surface area contributed by atoms with Crippen molar-refractivity contribution in [2.45, 2.75) is 32.2 Å². The van der Waals surface area contributed by atoms with Crippen LogP contribution in [0, 0.1) is 11.7 Å². The first kappa shape index (κ1) is 17.3. The second kappa shape index (κ2) is 8.01. The molecule has 1 saturated carbocycles. The van der Waals surface area contributed by atoms with Crippen LogP contribution in [-0.2, 0) is 0 Å². The summed E-state index contributed by atoms with van der Waals surface area (Å²) < 4.78 is 18.6. The zero-order valence-electron chi connectivity index (χ0n) is 14.3. The first-order valence-corrected chi connectivity index (χ1v) is 8.71. The lowest BCUT2D eigenvalue weighted by atomic mass is 9.77. The number of ether oxygens (including phenoxy) is 1. The van der Waals surface area contributed by atoms with E-state index in [1.165, 1.54) is 18.6 Å². The first-order chi connectivity index (χ1) is 12.2. The Morgan fingerprint density at radius 3 is 2.40 bits per heavy atom. The van der Waals surface area contributed by atoms with Crippen molar-refractivity contribution in [1.82, 2.24) is 5.32 Å². The van der Waals surface area contributed by atoms with Crippen LogP contribution >= 0.6 is 0 Å². The van der Waals surface area contributed by atoms with Gasteiger partial charge >= 0.3 is 6.03 Å². The summed E-state index contributed by atoms with van der Waals surface area (Å²) in [6.45, 7) is 2.53. The van der Waals surface area contributed by atoms with Crippen LogP contribution in [0.1, 0.15) is 37.8 Å². The maximum atomic E-state index is 13.2. The van der Waals surface area contributed by atoms with Crippen LogP contribution < -0.4 is 15.4 Å². The zero-order valence-corrected chi connectivity index (χ0v) is 14.3. The van der Waals surface area contributed by atoms with Crippen LogP contribution in [0.15, 0.2) is 48.5 Å². The van der Waals surface area contributed by atoms with Gasteiger partial charge in [-0.05, 0) is 67.6 Å². The third-order valence-corrected chi connectivity index (χ3v) is 4.56. The van der Waals surface area contributed by atoms with E-state index in [1.54, 1.807) is 24.3 Å². The van der Waals surface area contributed by atoms with Crippen molar-refractivity contribution in [3.05, 3.63) is 59.9 Å². The van der Waals surface area contributed by atoms with Crippen molar-refractivity contribution in [3.63, 3.8) is 0 Å². The predicted molar refractivity (Wildman–Crippen MR) is 96.2 cm³/mol. The van der Waals surface area contributed by atoms with Gasteiger partial charge in [-0.1, -0.05) is 18.6 Å². The fourth-order valence-corrected chi connectivity index (χ4v) is 3.03. The van der Waals surface area contributed by atoms with Gasteiger partial charge in [0.05, 0.1) is 12.6 Å². The van der Waals surface area contributed by atoms with Crippen LogP contribution in [0.25, 0.3) is 0 Å². The molecule has 1 fully saturated rings. The number of amides is 2. The standard InChI is InChI=1S/C20H23FN2O2/c1-2-25-18-12-10-17(11-13-18)22-20(24)23-19(14-4-3-5-14)15-6-8-16(21)9-7-15/h6-14,19H,2-5H2,1H3,(H2,22,23,24). The van der Waals surface area contributed by atoms with E-state index in [0.29, 0.717) is 18.2 Å². The highest BCUT2D eigenvalue weighted by Crippen LogP contribution is 2.37. The number of hydrogen-bond acceptors (Lipinski definition) is 2. The summed E-state index contributed by atoms with van der Waals surface area (Å²) >= 11 is 0. The Balaban J connectivity index is 1.64. The Morgan fingerprint density at radius 2 is 1.84 bits per heavy atom. The van der Waals surface area contributed by atoms with Crippen molar-refractivity contribution in [2.75, 3.05) is 11.9 Å². The van der Waals surface area contributed by atoms with Gasteiger partial charge in [-0.2, -0.15) is 0 Å². The predicted octanol–water partition coefficient (Wildman–Crippen LogP) is 4.89. The molecule has 1 aliphatic carbocycles. The lowest BCUT2D eigenvalue weighted by Crippen LogP contribution is -2.38. The fraction of sp³-hybridized carbons (Fsp3) is 0.350. The summed E-state index contributed by atoms with van der Waals surface area (Å²) in [6.07, 6.45) is 3.32. The minimum Gasteiger partial charge on any atom is -0.494 e. The average Bonchev–Trinajstić information content (AvgIpc) is 2.55. The van der Waals surface area contributed by atoms with E-state index in [2.05, 4.69) is 10.6 Å². The fourth-order valence-electron chi connectivity index (χ4n) is 3.03. The quantitative estimate of drug-likeness (QED) is 0.785. The van der Waals surface area contributed by atoms with Crippen LogP contribution in [0.2, 0.25) is 0 Å². The molecule has 2 N–H and O–H groups in total. The highest BCUT2D eigenvalue weighted by Gasteiger charge is 2.29. The number of benzene rings is 2. The molecule has 5 heteroatoms. The largest absolute Gasteiger partial charge is 0.494 e. The van der Waals surface area contributed by atoms with Crippen LogP contribution in [0.4, 0.5) is 14.9 Å². The van der Waals surface area contributed by atoms with Crippen LogP contribution in [-0.4, -0.2) is 12.6 Å². The van der Waals surface area contributed by atoms with Crippen molar-refractivity contribution < 1.29 is 13.9 Å². The van der Waals surface area contributed by atoms with Gasteiger partial charge in [0, 0.05) is 5.69 Å². The van der Waals surface area contributed by atoms with Gasteiger partial charge in [0.1, 0.15) is 11.6 Å². The van der Waals surface area contributed by atoms with Gasteiger partial charge in [-0.3, -0.25) is 0 Å². The normalized spacial score (nSPS) is 15.1. The molecule has 4 nitrogen and oxygen atoms in total. The molecule has 1 aliphatic rings. The number of anilines is 1. The molecular weight excluding hydrogens is 319 g/mol. The van der Waals surface area contributed by atoms with Gasteiger partial charge in [0.25, 0.3) is 0 Å². The maximum Gasteiger partial charge on any atom is 0.319 e. The molecule has 132 valence electrons. The number of rotatable bonds is 6. The highest BCUT2D eigenvalue weighted by molar-refractivity contribution is 5.89. The van der Waals surface area contributed by atoms with Crippen LogP contribution in [0.3, 0.4) is 0 Å². The Labute approximate surface area is 147 Å². The Hall–Kier alpha value is -2.56. The van der Waals surface area contributed by atoms with Gasteiger partial charge in [0.15, 0.2) is 0 Å². The van der Waals surface area contributed by atoms with Crippen molar-refractivity contribution in [1.29, 1.82) is 0 Å². The van der Waals surface area contributed by atoms with E-state index in [0.717, 1.165) is 24.2 Å². The number of carbonyl (C=O) groups excluding carboxylic acids is 1. The summed E-state index contributed by atoms with van der Waals surface area (Å²) in [6, 6.07) is 13.3. The summed E-state index contributed by atoms with van der Waals surface area (Å²) in [7, 11) is 0. The molecule has 2 amide bonds. The lowest BCUT2D eigenvalue weighted by molar-refractivity contribution is 0.216. The van der Waals surface area contributed by atoms with E-state index in [-0.39, 0.29) is 17.9 Å². The van der Waals surface area contributed by atoms with E-state index >= 15 is 0 Å². The summed E-state index contributed by atoms with van der Waals surface area (Å²) in [5.74, 6) is 0.901. The second-order valence-corrected chi connectivity index (χ2v) is 6.28. The monoisotopic (exact) mass is 342 g/mol. The van der Waals surface area contributed by atoms with E-state index in [9.17, 15) is 9.18 Å². The van der Waals surface area contributed by atoms with E-state index in [4.69, 9.17) is 4.74 Å². The molecule has 1 atom stereocenters. The molecule has 25 heavy (non-hydrogen) atoms. The number of hydrogen-bond donors (Lipinski definition) is 2. The van der Waals surface area contributed by atoms with Gasteiger partial charge < -0.3 is 15.4 Å². The smallest absolute Gasteiger partial charge is 0.319 e. The topological polar surface area (TPSA) is 50.4 Å². The third-order valence-electron chi connectivity index (χ3n) is 4.56. The molecule has 0 spiro atoms. The molecule has 1 unspecified atom stereocenters. The summed E-state index contributed by atoms with van der Waals surface area (Å²) in [4.78, 5) is 12.4. The van der Waals surface area contributed by atoms with Crippen molar-refractivity contribution in [2.24, 2.45) is 5.92 Å². The van der Waals surface area contributed by atoms with Gasteiger partial charge in [-0.25, -0.2) is 9.18 Å². The number of carbonyl (C=O) groups is 1. The number of halogens is 1. The summed E-state index contributed by atoms with van der Waals surface area (Å²) in [5, 5.41) is 5.89. The van der Waals surface area contributed by atoms with Crippen LogP contribution in [0.5, 0.6) is 5.75 Å². The number of urea groups is 1. The average molecular weight is 342 g/mol. The van der Waals surface area contributed by atoms with E-state index in [1.807, 2.05) is 19.1 Å². The van der Waals surface area contributed by atoms with Crippen molar-refractivity contribution >= 4 is 11.7 Å². The molecule has 0 saturated heterocycles. The molecule has 2 aromatic rings. The summed E-state index contributed by atoms with van der Waals surface area (Å²) in [5.41, 5.74) is 1.64. The molecule has 2 aromatic carbocycles. The van der Waals surface area contributed by atoms with Crippen molar-refractivity contribution in [3.8, 4) is 5.75 Å². The zero-order chi connectivity index (χ0) is 17.6. The lowest BCUT2D eigenvalue weighted by Gasteiger charge is -2.34. The van der Waals surface area contributed by atoms with Gasteiger partial charge in [-0.15, -0.1) is 0 Å². The molecule has 3 rings (SSSR count). The highest BCUT2D eigenvalue weighted by atomic mass is 19.1. The minimum atomic E-state index is -0.269. The van der Waals surface area contributed by atoms with Gasteiger partial charge in [0.2, 0.25) is 0 Å². The Morgan fingerprint density at radius 1 is 1.16 bits per heavy atom. The molecule has 0 aliphatic heterocycles. The van der Waals surface area contributed by atoms with E-state index < -0.39 is 0 Å². The molecule has 0 bridgehead atoms. The number of nitrogens with one attached hydrogen (secondary N) is 2. The molecule has 0 aromatic heterocycles. The Kier molecular flexibility index (Phi) is 5.53.